The zero-order chi connectivity index (χ0) is 15.4. The highest BCUT2D eigenvalue weighted by Crippen LogP contribution is 2.25. The van der Waals surface area contributed by atoms with Gasteiger partial charge in [0.15, 0.2) is 0 Å². The molecule has 0 spiro atoms. The summed E-state index contributed by atoms with van der Waals surface area (Å²) in [4.78, 5) is 12.7. The van der Waals surface area contributed by atoms with Crippen molar-refractivity contribution >= 4 is 29.0 Å². The summed E-state index contributed by atoms with van der Waals surface area (Å²) >= 11 is 1.28. The highest BCUT2D eigenvalue weighted by molar-refractivity contribution is 8.00. The summed E-state index contributed by atoms with van der Waals surface area (Å²) in [6, 6.07) is 8.78. The second-order valence-electron chi connectivity index (χ2n) is 4.46. The highest BCUT2D eigenvalue weighted by Gasteiger charge is 2.12. The predicted molar refractivity (Wildman–Crippen MR) is 81.3 cm³/mol. The number of nitrogens with two attached hydrogens (primary N) is 1. The first-order valence-corrected chi connectivity index (χ1v) is 7.18. The Kier molecular flexibility index (Phi) is 4.80. The summed E-state index contributed by atoms with van der Waals surface area (Å²) in [6.45, 7) is 1.88. The first-order valence-electron chi connectivity index (χ1n) is 6.20. The molecule has 6 heteroatoms. The molecule has 3 nitrogen and oxygen atoms in total. The van der Waals surface area contributed by atoms with Gasteiger partial charge in [-0.25, -0.2) is 8.78 Å². The Bertz CT molecular complexity index is 656. The van der Waals surface area contributed by atoms with Gasteiger partial charge >= 0.3 is 0 Å². The van der Waals surface area contributed by atoms with E-state index in [-0.39, 0.29) is 5.75 Å². The number of hydrogen-bond donors (Lipinski definition) is 2. The second kappa shape index (κ2) is 6.58. The maximum atomic E-state index is 13.4. The minimum Gasteiger partial charge on any atom is -0.399 e. The number of aryl methyl sites for hydroxylation is 1. The first-order chi connectivity index (χ1) is 9.97. The number of nitrogen functional groups attached to an aromatic ring is 1. The molecule has 0 saturated carbocycles. The van der Waals surface area contributed by atoms with Crippen molar-refractivity contribution in [1.82, 2.24) is 0 Å². The fourth-order valence-electron chi connectivity index (χ4n) is 1.77. The van der Waals surface area contributed by atoms with Gasteiger partial charge in [-0.3, -0.25) is 4.79 Å². The molecule has 0 aliphatic rings. The van der Waals surface area contributed by atoms with Gasteiger partial charge in [-0.15, -0.1) is 11.8 Å². The Morgan fingerprint density at radius 1 is 1.24 bits per heavy atom. The zero-order valence-electron chi connectivity index (χ0n) is 11.3. The average molecular weight is 308 g/mol. The van der Waals surface area contributed by atoms with E-state index in [2.05, 4.69) is 5.32 Å². The van der Waals surface area contributed by atoms with Crippen LogP contribution in [0.2, 0.25) is 0 Å². The molecule has 2 rings (SSSR count). The molecule has 1 amide bonds. The van der Waals surface area contributed by atoms with Crippen LogP contribution in [0.25, 0.3) is 0 Å². The maximum Gasteiger partial charge on any atom is 0.234 e. The minimum absolute atomic E-state index is 0.0541. The largest absolute Gasteiger partial charge is 0.399 e. The Morgan fingerprint density at radius 3 is 2.52 bits per heavy atom. The van der Waals surface area contributed by atoms with E-state index in [1.165, 1.54) is 17.8 Å². The molecular formula is C15H14F2N2OS. The second-order valence-corrected chi connectivity index (χ2v) is 5.48. The van der Waals surface area contributed by atoms with Crippen LogP contribution < -0.4 is 11.1 Å². The summed E-state index contributed by atoms with van der Waals surface area (Å²) in [7, 11) is 0. The fourth-order valence-corrected chi connectivity index (χ4v) is 2.58. The van der Waals surface area contributed by atoms with Crippen LogP contribution in [0.15, 0.2) is 41.3 Å². The number of carbonyl (C=O) groups excluding carboxylic acids is 1. The number of para-hydroxylation sites is 1. The van der Waals surface area contributed by atoms with Gasteiger partial charge in [0.2, 0.25) is 5.91 Å². The Morgan fingerprint density at radius 2 is 1.90 bits per heavy atom. The molecule has 0 aliphatic heterocycles. The topological polar surface area (TPSA) is 55.1 Å². The van der Waals surface area contributed by atoms with Gasteiger partial charge in [0.05, 0.1) is 5.75 Å². The van der Waals surface area contributed by atoms with Crippen LogP contribution >= 0.6 is 11.8 Å². The average Bonchev–Trinajstić information content (AvgIpc) is 2.42. The van der Waals surface area contributed by atoms with Gasteiger partial charge in [-0.2, -0.15) is 0 Å². The lowest BCUT2D eigenvalue weighted by Gasteiger charge is -2.09. The highest BCUT2D eigenvalue weighted by atomic mass is 32.2. The lowest BCUT2D eigenvalue weighted by atomic mass is 10.2. The Balaban J connectivity index is 1.99. The molecule has 2 aromatic rings. The molecule has 0 aliphatic carbocycles. The summed E-state index contributed by atoms with van der Waals surface area (Å²) in [5.41, 5.74) is 6.82. The van der Waals surface area contributed by atoms with Crippen molar-refractivity contribution in [3.63, 3.8) is 0 Å². The third kappa shape index (κ3) is 3.95. The number of nitrogens with one attached hydrogen (secondary N) is 1. The zero-order valence-corrected chi connectivity index (χ0v) is 12.1. The van der Waals surface area contributed by atoms with Crippen molar-refractivity contribution in [1.29, 1.82) is 0 Å². The summed E-state index contributed by atoms with van der Waals surface area (Å²) in [5.74, 6) is -2.01. The molecule has 110 valence electrons. The number of halogens is 2. The SMILES string of the molecule is Cc1cc(N)ccc1SCC(=O)Nc1c(F)cccc1F. The monoisotopic (exact) mass is 308 g/mol. The minimum atomic E-state index is -0.794. The summed E-state index contributed by atoms with van der Waals surface area (Å²) < 4.78 is 26.8. The van der Waals surface area contributed by atoms with Crippen molar-refractivity contribution in [3.8, 4) is 0 Å². The van der Waals surface area contributed by atoms with E-state index in [1.807, 2.05) is 13.0 Å². The maximum absolute atomic E-state index is 13.4. The molecule has 0 radical (unpaired) electrons. The molecule has 0 aromatic heterocycles. The van der Waals surface area contributed by atoms with Crippen LogP contribution in [0.5, 0.6) is 0 Å². The summed E-state index contributed by atoms with van der Waals surface area (Å²) in [6.07, 6.45) is 0. The van der Waals surface area contributed by atoms with Crippen LogP contribution in [-0.2, 0) is 4.79 Å². The normalized spacial score (nSPS) is 10.4. The quantitative estimate of drug-likeness (QED) is 0.670. The van der Waals surface area contributed by atoms with Gasteiger partial charge in [0.25, 0.3) is 0 Å². The van der Waals surface area contributed by atoms with E-state index >= 15 is 0 Å². The number of benzene rings is 2. The lowest BCUT2D eigenvalue weighted by Crippen LogP contribution is -2.16. The molecule has 0 saturated heterocycles. The van der Waals surface area contributed by atoms with Crippen LogP contribution in [-0.4, -0.2) is 11.7 Å². The first kappa shape index (κ1) is 15.3. The number of anilines is 2. The standard InChI is InChI=1S/C15H14F2N2OS/c1-9-7-10(18)5-6-13(9)21-8-14(20)19-15-11(16)3-2-4-12(15)17/h2-7H,8,18H2,1H3,(H,19,20). The molecule has 0 unspecified atom stereocenters. The van der Waals surface area contributed by atoms with E-state index in [9.17, 15) is 13.6 Å². The number of amides is 1. The van der Waals surface area contributed by atoms with Gasteiger partial charge in [0, 0.05) is 10.6 Å². The van der Waals surface area contributed by atoms with Gasteiger partial charge in [-0.05, 0) is 42.8 Å². The molecule has 0 fully saturated rings. The molecule has 0 atom stereocenters. The molecule has 0 bridgehead atoms. The molecule has 3 N–H and O–H groups in total. The molecule has 2 aromatic carbocycles. The van der Waals surface area contributed by atoms with Crippen molar-refractivity contribution < 1.29 is 13.6 Å². The van der Waals surface area contributed by atoms with Gasteiger partial charge < -0.3 is 11.1 Å². The summed E-state index contributed by atoms with van der Waals surface area (Å²) in [5, 5.41) is 2.25. The van der Waals surface area contributed by atoms with E-state index in [0.717, 1.165) is 22.6 Å². The van der Waals surface area contributed by atoms with Crippen LogP contribution in [0.4, 0.5) is 20.2 Å². The van der Waals surface area contributed by atoms with E-state index in [4.69, 9.17) is 5.73 Å². The van der Waals surface area contributed by atoms with Crippen LogP contribution in [0, 0.1) is 18.6 Å². The van der Waals surface area contributed by atoms with Crippen LogP contribution in [0.3, 0.4) is 0 Å². The molecular weight excluding hydrogens is 294 g/mol. The van der Waals surface area contributed by atoms with Gasteiger partial charge in [-0.1, -0.05) is 6.07 Å². The lowest BCUT2D eigenvalue weighted by molar-refractivity contribution is -0.113. The Labute approximate surface area is 125 Å². The number of carbonyl (C=O) groups is 1. The van der Waals surface area contributed by atoms with Gasteiger partial charge in [0.1, 0.15) is 17.3 Å². The number of thioether (sulfide) groups is 1. The predicted octanol–water partition coefficient (Wildman–Crippen LogP) is 3.59. The third-order valence-electron chi connectivity index (χ3n) is 2.78. The fraction of sp³-hybridized carbons (Fsp3) is 0.133. The Hall–Kier alpha value is -2.08. The van der Waals surface area contributed by atoms with Crippen molar-refractivity contribution in [2.45, 2.75) is 11.8 Å². The van der Waals surface area contributed by atoms with Crippen molar-refractivity contribution in [3.05, 3.63) is 53.6 Å². The smallest absolute Gasteiger partial charge is 0.234 e. The molecule has 21 heavy (non-hydrogen) atoms. The van der Waals surface area contributed by atoms with Crippen LogP contribution in [0.1, 0.15) is 5.56 Å². The van der Waals surface area contributed by atoms with E-state index < -0.39 is 23.2 Å². The van der Waals surface area contributed by atoms with E-state index in [0.29, 0.717) is 5.69 Å². The third-order valence-corrected chi connectivity index (χ3v) is 3.96. The van der Waals surface area contributed by atoms with Crippen molar-refractivity contribution in [2.75, 3.05) is 16.8 Å². The molecule has 0 heterocycles. The van der Waals surface area contributed by atoms with E-state index in [1.54, 1.807) is 12.1 Å². The number of rotatable bonds is 4. The number of hydrogen-bond acceptors (Lipinski definition) is 3. The van der Waals surface area contributed by atoms with Crippen molar-refractivity contribution in [2.24, 2.45) is 0 Å².